The van der Waals surface area contributed by atoms with Crippen LogP contribution < -0.4 is 10.3 Å². The summed E-state index contributed by atoms with van der Waals surface area (Å²) in [6.07, 6.45) is 1.58. The van der Waals surface area contributed by atoms with Gasteiger partial charge in [-0.2, -0.15) is 0 Å². The largest absolute Gasteiger partial charge is 0.492 e. The number of carbonyl (C=O) groups is 1. The molecule has 0 radical (unpaired) electrons. The SMILES string of the molecule is CCOc1ccccc1-n1c(C(C)N(Cc2ccco2)C(=O)C(C)C)nc2ccccc2c1=O. The van der Waals surface area contributed by atoms with E-state index >= 15 is 0 Å². The van der Waals surface area contributed by atoms with Crippen molar-refractivity contribution in [1.29, 1.82) is 0 Å². The molecule has 1 amide bonds. The minimum atomic E-state index is -0.521. The molecule has 34 heavy (non-hydrogen) atoms. The predicted molar refractivity (Wildman–Crippen MR) is 131 cm³/mol. The zero-order valence-electron chi connectivity index (χ0n) is 19.9. The number of hydrogen-bond donors (Lipinski definition) is 0. The van der Waals surface area contributed by atoms with E-state index in [9.17, 15) is 9.59 Å². The molecule has 176 valence electrons. The summed E-state index contributed by atoms with van der Waals surface area (Å²) in [5.74, 6) is 1.39. The van der Waals surface area contributed by atoms with Crippen molar-refractivity contribution in [1.82, 2.24) is 14.5 Å². The number of nitrogens with zero attached hydrogens (tertiary/aromatic N) is 3. The smallest absolute Gasteiger partial charge is 0.266 e. The molecular weight excluding hydrogens is 430 g/mol. The summed E-state index contributed by atoms with van der Waals surface area (Å²) in [5.41, 5.74) is 0.952. The first kappa shape index (κ1) is 23.3. The van der Waals surface area contributed by atoms with Gasteiger partial charge in [-0.3, -0.25) is 14.2 Å². The molecule has 0 bridgehead atoms. The van der Waals surface area contributed by atoms with Crippen LogP contribution in [0.3, 0.4) is 0 Å². The van der Waals surface area contributed by atoms with Crippen molar-refractivity contribution in [3.05, 3.63) is 88.9 Å². The first-order chi connectivity index (χ1) is 16.4. The molecule has 0 saturated heterocycles. The van der Waals surface area contributed by atoms with Crippen LogP contribution in [-0.4, -0.2) is 27.0 Å². The number of hydrogen-bond acceptors (Lipinski definition) is 5. The van der Waals surface area contributed by atoms with Crippen molar-refractivity contribution >= 4 is 16.8 Å². The van der Waals surface area contributed by atoms with Crippen molar-refractivity contribution in [3.8, 4) is 11.4 Å². The summed E-state index contributed by atoms with van der Waals surface area (Å²) in [7, 11) is 0. The standard InChI is InChI=1S/C27H29N3O4/c1-5-33-24-15-9-8-14-23(24)30-25(28-22-13-7-6-12-21(22)27(30)32)19(4)29(26(31)18(2)3)17-20-11-10-16-34-20/h6-16,18-19H,5,17H2,1-4H3. The third-order valence-electron chi connectivity index (χ3n) is 5.73. The van der Waals surface area contributed by atoms with Gasteiger partial charge in [0.1, 0.15) is 17.3 Å². The molecule has 0 spiro atoms. The van der Waals surface area contributed by atoms with Crippen LogP contribution in [0.15, 0.2) is 76.1 Å². The van der Waals surface area contributed by atoms with Crippen LogP contribution in [0.4, 0.5) is 0 Å². The van der Waals surface area contributed by atoms with Crippen LogP contribution in [0.2, 0.25) is 0 Å². The van der Waals surface area contributed by atoms with Gasteiger partial charge in [-0.05, 0) is 50.2 Å². The quantitative estimate of drug-likeness (QED) is 0.365. The Hall–Kier alpha value is -3.87. The summed E-state index contributed by atoms with van der Waals surface area (Å²) in [5, 5.41) is 0.498. The number of carbonyl (C=O) groups excluding carboxylic acids is 1. The Morgan fingerprint density at radius 1 is 1.06 bits per heavy atom. The Balaban J connectivity index is 1.95. The van der Waals surface area contributed by atoms with E-state index in [0.29, 0.717) is 40.5 Å². The van der Waals surface area contributed by atoms with E-state index in [1.54, 1.807) is 27.9 Å². The molecule has 7 nitrogen and oxygen atoms in total. The number of amides is 1. The van der Waals surface area contributed by atoms with Crippen molar-refractivity contribution in [2.75, 3.05) is 6.61 Å². The predicted octanol–water partition coefficient (Wildman–Crippen LogP) is 5.12. The summed E-state index contributed by atoms with van der Waals surface area (Å²) in [4.78, 5) is 33.7. The molecule has 4 aromatic rings. The fourth-order valence-electron chi connectivity index (χ4n) is 4.03. The topological polar surface area (TPSA) is 77.6 Å². The molecule has 0 aliphatic carbocycles. The maximum Gasteiger partial charge on any atom is 0.266 e. The van der Waals surface area contributed by atoms with E-state index in [1.807, 2.05) is 76.2 Å². The van der Waals surface area contributed by atoms with Crippen molar-refractivity contribution in [2.45, 2.75) is 40.3 Å². The van der Waals surface area contributed by atoms with E-state index in [2.05, 4.69) is 0 Å². The molecule has 0 aliphatic rings. The van der Waals surface area contributed by atoms with Crippen LogP contribution in [0, 0.1) is 5.92 Å². The number of fused-ring (bicyclic) bond motifs is 1. The van der Waals surface area contributed by atoms with E-state index in [1.165, 1.54) is 0 Å². The molecule has 0 saturated carbocycles. The minimum Gasteiger partial charge on any atom is -0.492 e. The fourth-order valence-corrected chi connectivity index (χ4v) is 4.03. The van der Waals surface area contributed by atoms with E-state index in [0.717, 1.165) is 0 Å². The maximum absolute atomic E-state index is 13.8. The lowest BCUT2D eigenvalue weighted by atomic mass is 10.1. The molecule has 4 rings (SSSR count). The summed E-state index contributed by atoms with van der Waals surface area (Å²) >= 11 is 0. The third-order valence-corrected chi connectivity index (χ3v) is 5.73. The average Bonchev–Trinajstić information content (AvgIpc) is 3.36. The molecule has 2 aromatic carbocycles. The van der Waals surface area contributed by atoms with Gasteiger partial charge in [-0.15, -0.1) is 0 Å². The van der Waals surface area contributed by atoms with Crippen LogP contribution in [0.5, 0.6) is 5.75 Å². The minimum absolute atomic E-state index is 0.0593. The Labute approximate surface area is 198 Å². The molecule has 7 heteroatoms. The Morgan fingerprint density at radius 2 is 1.79 bits per heavy atom. The molecule has 2 aromatic heterocycles. The average molecular weight is 460 g/mol. The van der Waals surface area contributed by atoms with Crippen LogP contribution >= 0.6 is 0 Å². The van der Waals surface area contributed by atoms with E-state index < -0.39 is 6.04 Å². The summed E-state index contributed by atoms with van der Waals surface area (Å²) in [6.45, 7) is 8.22. The zero-order valence-corrected chi connectivity index (χ0v) is 19.9. The Morgan fingerprint density at radius 3 is 2.50 bits per heavy atom. The third kappa shape index (κ3) is 4.46. The van der Waals surface area contributed by atoms with Crippen LogP contribution in [-0.2, 0) is 11.3 Å². The number of ether oxygens (including phenoxy) is 1. The normalized spacial score (nSPS) is 12.1. The lowest BCUT2D eigenvalue weighted by molar-refractivity contribution is -0.137. The van der Waals surface area contributed by atoms with Gasteiger partial charge in [-0.25, -0.2) is 4.98 Å². The highest BCUT2D eigenvalue weighted by molar-refractivity contribution is 5.80. The van der Waals surface area contributed by atoms with Crippen molar-refractivity contribution in [3.63, 3.8) is 0 Å². The highest BCUT2D eigenvalue weighted by Gasteiger charge is 2.29. The first-order valence-electron chi connectivity index (χ1n) is 11.5. The number of rotatable bonds is 8. The summed E-state index contributed by atoms with van der Waals surface area (Å²) in [6, 6.07) is 17.7. The number of benzene rings is 2. The van der Waals surface area contributed by atoms with Crippen LogP contribution in [0.25, 0.3) is 16.6 Å². The molecular formula is C27H29N3O4. The van der Waals surface area contributed by atoms with Crippen LogP contribution in [0.1, 0.15) is 45.3 Å². The lowest BCUT2D eigenvalue weighted by Crippen LogP contribution is -2.39. The molecule has 0 fully saturated rings. The number of aromatic nitrogens is 2. The van der Waals surface area contributed by atoms with E-state index in [-0.39, 0.29) is 23.9 Å². The second-order valence-electron chi connectivity index (χ2n) is 8.40. The highest BCUT2D eigenvalue weighted by Crippen LogP contribution is 2.29. The monoisotopic (exact) mass is 459 g/mol. The molecule has 1 unspecified atom stereocenters. The first-order valence-corrected chi connectivity index (χ1v) is 11.5. The lowest BCUT2D eigenvalue weighted by Gasteiger charge is -2.31. The van der Waals surface area contributed by atoms with Gasteiger partial charge in [-0.1, -0.05) is 38.1 Å². The highest BCUT2D eigenvalue weighted by atomic mass is 16.5. The van der Waals surface area contributed by atoms with Gasteiger partial charge in [0.25, 0.3) is 5.56 Å². The second-order valence-corrected chi connectivity index (χ2v) is 8.40. The van der Waals surface area contributed by atoms with E-state index in [4.69, 9.17) is 14.1 Å². The second kappa shape index (κ2) is 9.95. The van der Waals surface area contributed by atoms with Gasteiger partial charge in [0.2, 0.25) is 5.91 Å². The summed E-state index contributed by atoms with van der Waals surface area (Å²) < 4.78 is 12.9. The fraction of sp³-hybridized carbons (Fsp3) is 0.296. The van der Waals surface area contributed by atoms with Gasteiger partial charge in [0, 0.05) is 5.92 Å². The Kier molecular flexibility index (Phi) is 6.82. The molecule has 2 heterocycles. The van der Waals surface area contributed by atoms with Crippen molar-refractivity contribution < 1.29 is 13.9 Å². The maximum atomic E-state index is 13.8. The molecule has 0 N–H and O–H groups in total. The Bertz CT molecular complexity index is 1340. The zero-order chi connectivity index (χ0) is 24.2. The number of furan rings is 1. The molecule has 1 atom stereocenters. The van der Waals surface area contributed by atoms with Gasteiger partial charge in [0.15, 0.2) is 0 Å². The number of para-hydroxylation sites is 3. The van der Waals surface area contributed by atoms with Crippen molar-refractivity contribution in [2.24, 2.45) is 5.92 Å². The van der Waals surface area contributed by atoms with Gasteiger partial charge >= 0.3 is 0 Å². The molecule has 0 aliphatic heterocycles. The van der Waals surface area contributed by atoms with Gasteiger partial charge < -0.3 is 14.1 Å². The van der Waals surface area contributed by atoms with Gasteiger partial charge in [0.05, 0.1) is 42.0 Å².